The molecule has 152 valence electrons. The molecule has 0 atom stereocenters. The van der Waals surface area contributed by atoms with E-state index in [1.165, 1.54) is 0 Å². The highest BCUT2D eigenvalue weighted by molar-refractivity contribution is 5.96. The standard InChI is InChI=1S/C23H21N3O4/c1-3-26-20-11-10-17(29-2)13-19(20)22(23(26)28)25-24-21(27)14-30-18-9-8-15-6-4-5-7-16(15)12-18/h4-13,28H,3,14H2,1-2H3. The number of benzene rings is 3. The van der Waals surface area contributed by atoms with Gasteiger partial charge < -0.3 is 19.1 Å². The van der Waals surface area contributed by atoms with Crippen molar-refractivity contribution in [1.82, 2.24) is 4.57 Å². The van der Waals surface area contributed by atoms with E-state index in [9.17, 15) is 9.90 Å². The van der Waals surface area contributed by atoms with Crippen molar-refractivity contribution in [3.63, 3.8) is 0 Å². The highest BCUT2D eigenvalue weighted by Crippen LogP contribution is 2.40. The van der Waals surface area contributed by atoms with Crippen LogP contribution in [0.25, 0.3) is 21.7 Å². The van der Waals surface area contributed by atoms with Crippen molar-refractivity contribution < 1.29 is 19.4 Å². The van der Waals surface area contributed by atoms with Crippen molar-refractivity contribution in [3.8, 4) is 17.4 Å². The minimum Gasteiger partial charge on any atom is -0.497 e. The van der Waals surface area contributed by atoms with Crippen LogP contribution >= 0.6 is 0 Å². The molecule has 0 aliphatic rings. The number of carbonyl (C=O) groups is 1. The van der Waals surface area contributed by atoms with Crippen molar-refractivity contribution in [1.29, 1.82) is 0 Å². The van der Waals surface area contributed by atoms with E-state index >= 15 is 0 Å². The second kappa shape index (κ2) is 8.24. The lowest BCUT2D eigenvalue weighted by atomic mass is 10.1. The molecule has 4 rings (SSSR count). The van der Waals surface area contributed by atoms with Gasteiger partial charge in [0, 0.05) is 11.9 Å². The van der Waals surface area contributed by atoms with Gasteiger partial charge >= 0.3 is 5.91 Å². The number of amides is 1. The van der Waals surface area contributed by atoms with Crippen molar-refractivity contribution in [2.24, 2.45) is 10.2 Å². The number of aromatic hydroxyl groups is 1. The van der Waals surface area contributed by atoms with Crippen LogP contribution in [0.2, 0.25) is 0 Å². The summed E-state index contributed by atoms with van der Waals surface area (Å²) < 4.78 is 12.5. The molecule has 0 unspecified atom stereocenters. The zero-order chi connectivity index (χ0) is 21.1. The molecule has 1 N–H and O–H groups in total. The lowest BCUT2D eigenvalue weighted by Gasteiger charge is -2.04. The predicted octanol–water partition coefficient (Wildman–Crippen LogP) is 5.22. The number of carbonyl (C=O) groups excluding carboxylic acids is 1. The third-order valence-electron chi connectivity index (χ3n) is 4.88. The number of fused-ring (bicyclic) bond motifs is 2. The average Bonchev–Trinajstić information content (AvgIpc) is 3.05. The minimum atomic E-state index is -0.553. The summed E-state index contributed by atoms with van der Waals surface area (Å²) in [4.78, 5) is 12.2. The topological polar surface area (TPSA) is 85.4 Å². The van der Waals surface area contributed by atoms with E-state index < -0.39 is 5.91 Å². The molecule has 3 aromatic carbocycles. The molecule has 7 heteroatoms. The first kappa shape index (κ1) is 19.4. The number of aromatic nitrogens is 1. The number of hydrogen-bond donors (Lipinski definition) is 1. The van der Waals surface area contributed by atoms with Gasteiger partial charge in [-0.05, 0) is 48.0 Å². The number of nitrogens with zero attached hydrogens (tertiary/aromatic N) is 3. The molecule has 0 saturated carbocycles. The highest BCUT2D eigenvalue weighted by atomic mass is 16.5. The molecule has 0 fully saturated rings. The molecule has 0 radical (unpaired) electrons. The van der Waals surface area contributed by atoms with Crippen LogP contribution in [-0.4, -0.2) is 29.3 Å². The van der Waals surface area contributed by atoms with E-state index in [0.29, 0.717) is 23.4 Å². The van der Waals surface area contributed by atoms with Gasteiger partial charge in [0.2, 0.25) is 5.88 Å². The average molecular weight is 403 g/mol. The van der Waals surface area contributed by atoms with Crippen LogP contribution in [0, 0.1) is 0 Å². The second-order valence-electron chi connectivity index (χ2n) is 6.69. The van der Waals surface area contributed by atoms with Gasteiger partial charge in [0.1, 0.15) is 11.5 Å². The Bertz CT molecular complexity index is 1260. The van der Waals surface area contributed by atoms with Gasteiger partial charge in [-0.25, -0.2) is 0 Å². The summed E-state index contributed by atoms with van der Waals surface area (Å²) in [7, 11) is 1.56. The van der Waals surface area contributed by atoms with Crippen LogP contribution in [-0.2, 0) is 11.3 Å². The zero-order valence-electron chi connectivity index (χ0n) is 16.7. The minimum absolute atomic E-state index is 0.0484. The van der Waals surface area contributed by atoms with Gasteiger partial charge in [0.05, 0.1) is 12.6 Å². The zero-order valence-corrected chi connectivity index (χ0v) is 16.7. The Morgan fingerprint density at radius 1 is 1.03 bits per heavy atom. The third-order valence-corrected chi connectivity index (χ3v) is 4.88. The van der Waals surface area contributed by atoms with Crippen LogP contribution < -0.4 is 9.47 Å². The van der Waals surface area contributed by atoms with Crippen LogP contribution in [0.5, 0.6) is 17.4 Å². The fourth-order valence-corrected chi connectivity index (χ4v) is 3.39. The Morgan fingerprint density at radius 2 is 1.80 bits per heavy atom. The molecule has 0 bridgehead atoms. The molecule has 1 aromatic heterocycles. The fraction of sp³-hybridized carbons (Fsp3) is 0.174. The second-order valence-corrected chi connectivity index (χ2v) is 6.69. The summed E-state index contributed by atoms with van der Waals surface area (Å²) in [6, 6.07) is 18.9. The molecule has 1 amide bonds. The Morgan fingerprint density at radius 3 is 2.57 bits per heavy atom. The van der Waals surface area contributed by atoms with Crippen LogP contribution in [0.4, 0.5) is 5.69 Å². The van der Waals surface area contributed by atoms with Crippen LogP contribution in [0.3, 0.4) is 0 Å². The lowest BCUT2D eigenvalue weighted by Crippen LogP contribution is -2.07. The summed E-state index contributed by atoms with van der Waals surface area (Å²) in [5, 5.41) is 21.0. The molecular weight excluding hydrogens is 382 g/mol. The SMILES string of the molecule is CCn1c(O)c(N=NC(=O)COc2ccc3ccccc3c2)c2cc(OC)ccc21. The third kappa shape index (κ3) is 3.69. The molecular formula is C23H21N3O4. The first-order valence-corrected chi connectivity index (χ1v) is 9.56. The van der Waals surface area contributed by atoms with Crippen molar-refractivity contribution in [2.75, 3.05) is 13.7 Å². The summed E-state index contributed by atoms with van der Waals surface area (Å²) in [6.45, 7) is 2.20. The van der Waals surface area contributed by atoms with Crippen molar-refractivity contribution >= 4 is 33.3 Å². The molecule has 0 aliphatic heterocycles. The Labute approximate surface area is 173 Å². The van der Waals surface area contributed by atoms with E-state index in [1.54, 1.807) is 29.9 Å². The number of methoxy groups -OCH3 is 1. The molecule has 4 aromatic rings. The lowest BCUT2D eigenvalue weighted by molar-refractivity contribution is -0.120. The summed E-state index contributed by atoms with van der Waals surface area (Å²) in [6.07, 6.45) is 0. The number of rotatable bonds is 6. The number of hydrogen-bond acceptors (Lipinski definition) is 5. The van der Waals surface area contributed by atoms with E-state index in [1.807, 2.05) is 49.4 Å². The maximum absolute atomic E-state index is 12.2. The number of ether oxygens (including phenoxy) is 2. The van der Waals surface area contributed by atoms with Gasteiger partial charge in [0.15, 0.2) is 12.3 Å². The fourth-order valence-electron chi connectivity index (χ4n) is 3.39. The normalized spacial score (nSPS) is 11.4. The Kier molecular flexibility index (Phi) is 5.34. The van der Waals surface area contributed by atoms with E-state index in [2.05, 4.69) is 10.2 Å². The number of aryl methyl sites for hydroxylation is 1. The molecule has 1 heterocycles. The van der Waals surface area contributed by atoms with E-state index in [-0.39, 0.29) is 18.2 Å². The van der Waals surface area contributed by atoms with E-state index in [4.69, 9.17) is 9.47 Å². The first-order chi connectivity index (χ1) is 14.6. The molecule has 0 spiro atoms. The monoisotopic (exact) mass is 403 g/mol. The molecule has 7 nitrogen and oxygen atoms in total. The molecule has 0 saturated heterocycles. The van der Waals surface area contributed by atoms with Gasteiger partial charge in [-0.2, -0.15) is 0 Å². The smallest absolute Gasteiger partial charge is 0.302 e. The molecule has 30 heavy (non-hydrogen) atoms. The summed E-state index contributed by atoms with van der Waals surface area (Å²) in [5.74, 6) is 0.598. The van der Waals surface area contributed by atoms with Crippen LogP contribution in [0.15, 0.2) is 70.9 Å². The Balaban J connectivity index is 1.53. The first-order valence-electron chi connectivity index (χ1n) is 9.56. The van der Waals surface area contributed by atoms with Crippen molar-refractivity contribution in [2.45, 2.75) is 13.5 Å². The molecule has 0 aliphatic carbocycles. The van der Waals surface area contributed by atoms with Gasteiger partial charge in [-0.3, -0.25) is 4.79 Å². The van der Waals surface area contributed by atoms with E-state index in [0.717, 1.165) is 16.3 Å². The maximum atomic E-state index is 12.2. The highest BCUT2D eigenvalue weighted by Gasteiger charge is 2.17. The Hall–Kier alpha value is -3.87. The maximum Gasteiger partial charge on any atom is 0.302 e. The summed E-state index contributed by atoms with van der Waals surface area (Å²) in [5.41, 5.74) is 1.01. The van der Waals surface area contributed by atoms with Gasteiger partial charge in [-0.15, -0.1) is 10.2 Å². The van der Waals surface area contributed by atoms with Gasteiger partial charge in [-0.1, -0.05) is 30.3 Å². The number of azo groups is 1. The van der Waals surface area contributed by atoms with Gasteiger partial charge in [0.25, 0.3) is 0 Å². The summed E-state index contributed by atoms with van der Waals surface area (Å²) >= 11 is 0. The predicted molar refractivity (Wildman–Crippen MR) is 115 cm³/mol. The quantitative estimate of drug-likeness (QED) is 0.447. The largest absolute Gasteiger partial charge is 0.497 e. The van der Waals surface area contributed by atoms with Crippen molar-refractivity contribution in [3.05, 3.63) is 60.7 Å². The van der Waals surface area contributed by atoms with Crippen LogP contribution in [0.1, 0.15) is 6.92 Å².